The Balaban J connectivity index is 4.59. The molecule has 0 heterocycles. The van der Waals surface area contributed by atoms with E-state index in [4.69, 9.17) is 58.0 Å². The first-order valence-corrected chi connectivity index (χ1v) is 5.44. The summed E-state index contributed by atoms with van der Waals surface area (Å²) in [5.74, 6) is 0. The van der Waals surface area contributed by atoms with Crippen molar-refractivity contribution in [2.75, 3.05) is 0 Å². The molecule has 0 aliphatic heterocycles. The van der Waals surface area contributed by atoms with Crippen LogP contribution in [0.2, 0.25) is 0 Å². The van der Waals surface area contributed by atoms with Crippen LogP contribution in [0.4, 0.5) is 0 Å². The standard InChI is InChI=1S/C7H10Cl5N/c1-6(2,3)4(8)13-5(9)7(10,11)12/h5H,1-3H3/b13-4-. The Morgan fingerprint density at radius 1 is 1.15 bits per heavy atom. The SMILES string of the molecule is CC(C)(C)/C(Cl)=N/C(Cl)C(Cl)(Cl)Cl. The van der Waals surface area contributed by atoms with Crippen LogP contribution in [-0.4, -0.2) is 14.5 Å². The summed E-state index contributed by atoms with van der Waals surface area (Å²) in [5, 5.41) is 0.332. The van der Waals surface area contributed by atoms with Crippen molar-refractivity contribution in [2.24, 2.45) is 10.4 Å². The van der Waals surface area contributed by atoms with Gasteiger partial charge in [0.25, 0.3) is 0 Å². The Morgan fingerprint density at radius 2 is 1.54 bits per heavy atom. The maximum absolute atomic E-state index is 5.85. The van der Waals surface area contributed by atoms with E-state index < -0.39 is 9.29 Å². The third-order valence-electron chi connectivity index (χ3n) is 1.12. The zero-order valence-electron chi connectivity index (χ0n) is 7.41. The summed E-state index contributed by atoms with van der Waals surface area (Å²) in [4.78, 5) is 3.87. The molecule has 0 aromatic rings. The van der Waals surface area contributed by atoms with Crippen LogP contribution in [0, 0.1) is 5.41 Å². The smallest absolute Gasteiger partial charge is 0.226 e. The molecule has 0 aliphatic rings. The molecule has 0 spiro atoms. The average Bonchev–Trinajstić information content (AvgIpc) is 1.82. The van der Waals surface area contributed by atoms with E-state index in [2.05, 4.69) is 4.99 Å². The quantitative estimate of drug-likeness (QED) is 0.379. The lowest BCUT2D eigenvalue weighted by atomic mass is 9.99. The normalized spacial score (nSPS) is 17.4. The average molecular weight is 285 g/mol. The summed E-state index contributed by atoms with van der Waals surface area (Å²) in [6.45, 7) is 5.67. The second-order valence-corrected chi connectivity index (χ2v) is 6.69. The van der Waals surface area contributed by atoms with Crippen LogP contribution in [0.25, 0.3) is 0 Å². The van der Waals surface area contributed by atoms with Crippen molar-refractivity contribution in [3.63, 3.8) is 0 Å². The van der Waals surface area contributed by atoms with Crippen LogP contribution in [0.15, 0.2) is 4.99 Å². The number of hydrogen-bond acceptors (Lipinski definition) is 1. The number of hydrogen-bond donors (Lipinski definition) is 0. The van der Waals surface area contributed by atoms with E-state index in [0.29, 0.717) is 5.17 Å². The van der Waals surface area contributed by atoms with E-state index in [0.717, 1.165) is 0 Å². The molecule has 0 amide bonds. The first-order chi connectivity index (χ1) is 5.55. The van der Waals surface area contributed by atoms with Gasteiger partial charge in [0.2, 0.25) is 3.79 Å². The number of alkyl halides is 4. The van der Waals surface area contributed by atoms with Gasteiger partial charge in [0.15, 0.2) is 5.50 Å². The molecule has 0 aromatic carbocycles. The van der Waals surface area contributed by atoms with Crippen LogP contribution in [0.3, 0.4) is 0 Å². The molecule has 78 valence electrons. The van der Waals surface area contributed by atoms with E-state index in [1.807, 2.05) is 20.8 Å². The van der Waals surface area contributed by atoms with Crippen LogP contribution in [0.1, 0.15) is 20.8 Å². The highest BCUT2D eigenvalue weighted by molar-refractivity contribution is 6.71. The predicted molar refractivity (Wildman–Crippen MR) is 62.7 cm³/mol. The van der Waals surface area contributed by atoms with E-state index in [1.165, 1.54) is 0 Å². The molecule has 0 aliphatic carbocycles. The third-order valence-corrected chi connectivity index (χ3v) is 3.16. The van der Waals surface area contributed by atoms with Crippen LogP contribution >= 0.6 is 58.0 Å². The number of nitrogens with zero attached hydrogens (tertiary/aromatic N) is 1. The second-order valence-electron chi connectivity index (χ2n) is 3.55. The van der Waals surface area contributed by atoms with Crippen LogP contribution < -0.4 is 0 Å². The molecule has 0 rings (SSSR count). The van der Waals surface area contributed by atoms with Gasteiger partial charge >= 0.3 is 0 Å². The molecular weight excluding hydrogens is 275 g/mol. The Labute approximate surface area is 103 Å². The van der Waals surface area contributed by atoms with Gasteiger partial charge in [0.1, 0.15) is 5.17 Å². The summed E-state index contributed by atoms with van der Waals surface area (Å²) >= 11 is 28.1. The van der Waals surface area contributed by atoms with Crippen molar-refractivity contribution in [1.82, 2.24) is 0 Å². The first kappa shape index (κ1) is 14.1. The second kappa shape index (κ2) is 4.76. The molecule has 0 saturated heterocycles. The van der Waals surface area contributed by atoms with Gasteiger partial charge in [-0.15, -0.1) is 0 Å². The van der Waals surface area contributed by atoms with Gasteiger partial charge in [-0.1, -0.05) is 78.8 Å². The van der Waals surface area contributed by atoms with Crippen LogP contribution in [-0.2, 0) is 0 Å². The minimum atomic E-state index is -1.63. The zero-order valence-corrected chi connectivity index (χ0v) is 11.2. The van der Waals surface area contributed by atoms with Crippen molar-refractivity contribution in [1.29, 1.82) is 0 Å². The van der Waals surface area contributed by atoms with Crippen molar-refractivity contribution in [3.8, 4) is 0 Å². The van der Waals surface area contributed by atoms with Gasteiger partial charge in [-0.05, 0) is 0 Å². The fraction of sp³-hybridized carbons (Fsp3) is 0.857. The molecule has 0 aromatic heterocycles. The lowest BCUT2D eigenvalue weighted by molar-refractivity contribution is 0.596. The van der Waals surface area contributed by atoms with Gasteiger partial charge in [-0.2, -0.15) is 0 Å². The summed E-state index contributed by atoms with van der Waals surface area (Å²) in [7, 11) is 0. The fourth-order valence-corrected chi connectivity index (χ4v) is 0.758. The third kappa shape index (κ3) is 5.54. The molecule has 0 bridgehead atoms. The monoisotopic (exact) mass is 283 g/mol. The highest BCUT2D eigenvalue weighted by Crippen LogP contribution is 2.35. The Bertz CT molecular complexity index is 200. The number of halogens is 5. The molecule has 6 heteroatoms. The van der Waals surface area contributed by atoms with Gasteiger partial charge in [0, 0.05) is 5.41 Å². The van der Waals surface area contributed by atoms with Crippen molar-refractivity contribution < 1.29 is 0 Å². The largest absolute Gasteiger partial charge is 0.253 e. The van der Waals surface area contributed by atoms with Crippen molar-refractivity contribution in [3.05, 3.63) is 0 Å². The van der Waals surface area contributed by atoms with Gasteiger partial charge in [-0.3, -0.25) is 4.99 Å². The fourth-order valence-electron chi connectivity index (χ4n) is 0.366. The van der Waals surface area contributed by atoms with Gasteiger partial charge in [-0.25, -0.2) is 0 Å². The maximum atomic E-state index is 5.85. The molecule has 1 unspecified atom stereocenters. The lowest BCUT2D eigenvalue weighted by Crippen LogP contribution is -2.22. The zero-order chi connectivity index (χ0) is 10.9. The molecular formula is C7H10Cl5N. The maximum Gasteiger partial charge on any atom is 0.226 e. The highest BCUT2D eigenvalue weighted by Gasteiger charge is 2.32. The van der Waals surface area contributed by atoms with E-state index in [9.17, 15) is 0 Å². The first-order valence-electron chi connectivity index (χ1n) is 3.49. The molecule has 1 atom stereocenters. The minimum absolute atomic E-state index is 0.287. The Kier molecular flexibility index (Phi) is 5.17. The topological polar surface area (TPSA) is 12.4 Å². The minimum Gasteiger partial charge on any atom is -0.253 e. The molecule has 13 heavy (non-hydrogen) atoms. The predicted octanol–water partition coefficient (Wildman–Crippen LogP) is 4.60. The molecule has 0 saturated carbocycles. The number of aliphatic imine (C=N–C) groups is 1. The van der Waals surface area contributed by atoms with Gasteiger partial charge < -0.3 is 0 Å². The lowest BCUT2D eigenvalue weighted by Gasteiger charge is -2.20. The summed E-state index contributed by atoms with van der Waals surface area (Å²) in [6.07, 6.45) is 0. The van der Waals surface area contributed by atoms with E-state index in [-0.39, 0.29) is 5.41 Å². The molecule has 1 nitrogen and oxygen atoms in total. The van der Waals surface area contributed by atoms with E-state index in [1.54, 1.807) is 0 Å². The molecule has 0 radical (unpaired) electrons. The van der Waals surface area contributed by atoms with E-state index >= 15 is 0 Å². The van der Waals surface area contributed by atoms with Crippen LogP contribution in [0.5, 0.6) is 0 Å². The molecule has 0 N–H and O–H groups in total. The van der Waals surface area contributed by atoms with Gasteiger partial charge in [0.05, 0.1) is 0 Å². The Hall–Kier alpha value is 1.12. The summed E-state index contributed by atoms with van der Waals surface area (Å²) in [6, 6.07) is 0. The molecule has 0 fully saturated rings. The number of rotatable bonds is 1. The Morgan fingerprint density at radius 3 is 1.77 bits per heavy atom. The van der Waals surface area contributed by atoms with Crippen molar-refractivity contribution >= 4 is 63.2 Å². The summed E-state index contributed by atoms with van der Waals surface area (Å²) < 4.78 is -1.63. The highest BCUT2D eigenvalue weighted by atomic mass is 35.6. The van der Waals surface area contributed by atoms with Crippen molar-refractivity contribution in [2.45, 2.75) is 30.1 Å². The summed E-state index contributed by atoms with van der Waals surface area (Å²) in [5.41, 5.74) is -1.26.